The molecule has 186 valence electrons. The van der Waals surface area contributed by atoms with Crippen LogP contribution in [0.15, 0.2) is 43.0 Å². The topological polar surface area (TPSA) is 111 Å². The van der Waals surface area contributed by atoms with E-state index in [2.05, 4.69) is 35.2 Å². The normalized spacial score (nSPS) is 13.5. The van der Waals surface area contributed by atoms with Crippen LogP contribution in [0, 0.1) is 0 Å². The Bertz CT molecular complexity index is 1370. The molecule has 1 aliphatic carbocycles. The first-order valence-corrected chi connectivity index (χ1v) is 11.2. The first-order chi connectivity index (χ1) is 17.4. The average molecular weight is 497 g/mol. The third-order valence-corrected chi connectivity index (χ3v) is 5.73. The van der Waals surface area contributed by atoms with Crippen molar-refractivity contribution in [1.29, 1.82) is 0 Å². The lowest BCUT2D eigenvalue weighted by atomic mass is 10.1. The monoisotopic (exact) mass is 497 g/mol. The van der Waals surface area contributed by atoms with Crippen molar-refractivity contribution in [3.8, 4) is 34.5 Å². The maximum absolute atomic E-state index is 12.8. The van der Waals surface area contributed by atoms with Crippen LogP contribution in [-0.4, -0.2) is 44.1 Å². The van der Waals surface area contributed by atoms with E-state index in [0.717, 1.165) is 30.3 Å². The second-order valence-corrected chi connectivity index (χ2v) is 8.21. The highest BCUT2D eigenvalue weighted by Gasteiger charge is 2.33. The summed E-state index contributed by atoms with van der Waals surface area (Å²) in [5, 5.41) is 3.02. The molecule has 3 heterocycles. The lowest BCUT2D eigenvalue weighted by molar-refractivity contribution is -0.140. The Balaban J connectivity index is 1.36. The predicted octanol–water partition coefficient (Wildman–Crippen LogP) is 4.85. The molecule has 1 fully saturated rings. The van der Waals surface area contributed by atoms with Gasteiger partial charge in [-0.25, -0.2) is 19.9 Å². The van der Waals surface area contributed by atoms with Crippen LogP contribution in [0.1, 0.15) is 35.7 Å². The molecule has 3 aromatic heterocycles. The van der Waals surface area contributed by atoms with E-state index in [9.17, 15) is 13.2 Å². The average Bonchev–Trinajstić information content (AvgIpc) is 3.61. The van der Waals surface area contributed by atoms with Gasteiger partial charge in [-0.3, -0.25) is 0 Å². The minimum absolute atomic E-state index is 0.137. The minimum atomic E-state index is -4.48. The molecule has 0 unspecified atom stereocenters. The largest absolute Gasteiger partial charge is 0.480 e. The maximum Gasteiger partial charge on any atom is 0.432 e. The molecule has 0 atom stereocenters. The Labute approximate surface area is 204 Å². The molecule has 0 bridgehead atoms. The Kier molecular flexibility index (Phi) is 6.17. The molecule has 36 heavy (non-hydrogen) atoms. The second kappa shape index (κ2) is 9.44. The van der Waals surface area contributed by atoms with Gasteiger partial charge in [0.25, 0.3) is 0 Å². The number of alkyl halides is 3. The van der Waals surface area contributed by atoms with Gasteiger partial charge in [0.2, 0.25) is 11.8 Å². The number of methoxy groups -OCH3 is 1. The molecule has 1 saturated carbocycles. The van der Waals surface area contributed by atoms with E-state index in [-0.39, 0.29) is 12.4 Å². The van der Waals surface area contributed by atoms with Gasteiger partial charge in [-0.15, -0.1) is 0 Å². The summed E-state index contributed by atoms with van der Waals surface area (Å²) in [6.45, 7) is 0.176. The van der Waals surface area contributed by atoms with Gasteiger partial charge < -0.3 is 19.8 Å². The summed E-state index contributed by atoms with van der Waals surface area (Å²) in [5.41, 5.74) is 2.52. The van der Waals surface area contributed by atoms with Crippen molar-refractivity contribution in [1.82, 2.24) is 29.9 Å². The Hall–Kier alpha value is -4.22. The van der Waals surface area contributed by atoms with E-state index >= 15 is 0 Å². The molecule has 0 radical (unpaired) electrons. The number of halogens is 3. The fourth-order valence-corrected chi connectivity index (χ4v) is 3.70. The van der Waals surface area contributed by atoms with Crippen LogP contribution in [0.4, 0.5) is 18.9 Å². The number of benzene rings is 1. The summed E-state index contributed by atoms with van der Waals surface area (Å²) < 4.78 is 49.9. The number of aromatic amines is 1. The van der Waals surface area contributed by atoms with Gasteiger partial charge >= 0.3 is 6.18 Å². The molecule has 0 aliphatic heterocycles. The van der Waals surface area contributed by atoms with Crippen LogP contribution in [0.5, 0.6) is 11.8 Å². The summed E-state index contributed by atoms with van der Waals surface area (Å²) >= 11 is 0. The van der Waals surface area contributed by atoms with Crippen molar-refractivity contribution in [2.45, 2.75) is 31.5 Å². The van der Waals surface area contributed by atoms with Crippen molar-refractivity contribution in [2.24, 2.45) is 0 Å². The smallest absolute Gasteiger partial charge is 0.432 e. The molecule has 9 nitrogen and oxygen atoms in total. The molecule has 12 heteroatoms. The van der Waals surface area contributed by atoms with Gasteiger partial charge in [0.05, 0.1) is 25.2 Å². The Morgan fingerprint density at radius 3 is 2.44 bits per heavy atom. The summed E-state index contributed by atoms with van der Waals surface area (Å²) in [6.07, 6.45) is 1.48. The summed E-state index contributed by atoms with van der Waals surface area (Å²) in [6, 6.07) is 6.86. The van der Waals surface area contributed by atoms with E-state index in [4.69, 9.17) is 9.47 Å². The van der Waals surface area contributed by atoms with Crippen molar-refractivity contribution in [2.75, 3.05) is 19.5 Å². The first-order valence-electron chi connectivity index (χ1n) is 11.2. The molecule has 0 saturated heterocycles. The highest BCUT2D eigenvalue weighted by atomic mass is 19.4. The molecule has 5 rings (SSSR count). The van der Waals surface area contributed by atoms with E-state index in [1.54, 1.807) is 37.5 Å². The van der Waals surface area contributed by atoms with Crippen LogP contribution in [0.3, 0.4) is 0 Å². The zero-order chi connectivity index (χ0) is 25.3. The van der Waals surface area contributed by atoms with Crippen LogP contribution >= 0.6 is 0 Å². The summed E-state index contributed by atoms with van der Waals surface area (Å²) in [5.74, 6) is 1.60. The fourth-order valence-electron chi connectivity index (χ4n) is 3.70. The number of imidazole rings is 1. The van der Waals surface area contributed by atoms with Gasteiger partial charge in [-0.1, -0.05) is 24.3 Å². The minimum Gasteiger partial charge on any atom is -0.480 e. The van der Waals surface area contributed by atoms with Crippen molar-refractivity contribution < 1.29 is 22.6 Å². The third-order valence-electron chi connectivity index (χ3n) is 5.73. The molecule has 1 aromatic carbocycles. The lowest BCUT2D eigenvalue weighted by Gasteiger charge is -2.14. The number of nitrogens with one attached hydrogen (secondary N) is 2. The molecule has 2 N–H and O–H groups in total. The zero-order valence-corrected chi connectivity index (χ0v) is 19.4. The van der Waals surface area contributed by atoms with Gasteiger partial charge in [-0.2, -0.15) is 18.2 Å². The molecule has 0 spiro atoms. The molecular formula is C24H22F3N7O2. The number of anilines is 1. The van der Waals surface area contributed by atoms with Gasteiger partial charge in [-0.05, 0) is 18.4 Å². The number of hydrogen-bond donors (Lipinski definition) is 2. The number of nitrogens with zero attached hydrogens (tertiary/aromatic N) is 5. The zero-order valence-electron chi connectivity index (χ0n) is 19.4. The summed E-state index contributed by atoms with van der Waals surface area (Å²) in [4.78, 5) is 23.9. The van der Waals surface area contributed by atoms with Gasteiger partial charge in [0.15, 0.2) is 5.82 Å². The predicted molar refractivity (Wildman–Crippen MR) is 124 cm³/mol. The fraction of sp³-hybridized carbons (Fsp3) is 0.292. The number of aromatic nitrogens is 6. The SMILES string of the molecule is CNc1cnc(-c2c(OC)ncnc2C2CC2)nc1OCc1ccc(-c2ncc(C(F)(F)F)[nH]2)cc1. The van der Waals surface area contributed by atoms with E-state index in [1.165, 1.54) is 13.4 Å². The maximum atomic E-state index is 12.8. The quantitative estimate of drug-likeness (QED) is 0.356. The van der Waals surface area contributed by atoms with Crippen molar-refractivity contribution >= 4 is 5.69 Å². The number of rotatable bonds is 8. The number of ether oxygens (including phenoxy) is 2. The Morgan fingerprint density at radius 2 is 1.81 bits per heavy atom. The number of H-pyrrole nitrogens is 1. The lowest BCUT2D eigenvalue weighted by Crippen LogP contribution is -2.06. The molecular weight excluding hydrogens is 475 g/mol. The second-order valence-electron chi connectivity index (χ2n) is 8.21. The first kappa shape index (κ1) is 23.5. The molecule has 1 aliphatic rings. The highest BCUT2D eigenvalue weighted by Crippen LogP contribution is 2.45. The molecule has 0 amide bonds. The summed E-state index contributed by atoms with van der Waals surface area (Å²) in [7, 11) is 3.28. The standard InChI is InChI=1S/C24H22F3N7O2/c1-28-16-9-29-21(18-19(14-7-8-14)31-12-32-23(18)35-2)34-22(16)36-11-13-3-5-15(6-4-13)20-30-10-17(33-20)24(25,26)27/h3-6,9-10,12,14,28H,7-8,11H2,1-2H3,(H,30,33). The van der Waals surface area contributed by atoms with E-state index in [0.29, 0.717) is 40.3 Å². The third kappa shape index (κ3) is 4.79. The Morgan fingerprint density at radius 1 is 1.03 bits per heavy atom. The number of hydrogen-bond acceptors (Lipinski definition) is 8. The van der Waals surface area contributed by atoms with E-state index < -0.39 is 11.9 Å². The van der Waals surface area contributed by atoms with Gasteiger partial charge in [0.1, 0.15) is 35.7 Å². The van der Waals surface area contributed by atoms with Gasteiger partial charge in [0, 0.05) is 18.5 Å². The van der Waals surface area contributed by atoms with Crippen LogP contribution in [-0.2, 0) is 12.8 Å². The van der Waals surface area contributed by atoms with Crippen LogP contribution < -0.4 is 14.8 Å². The van der Waals surface area contributed by atoms with Crippen molar-refractivity contribution in [3.63, 3.8) is 0 Å². The highest BCUT2D eigenvalue weighted by molar-refractivity contribution is 5.68. The van der Waals surface area contributed by atoms with Crippen molar-refractivity contribution in [3.05, 3.63) is 59.9 Å². The van der Waals surface area contributed by atoms with Crippen LogP contribution in [0.2, 0.25) is 0 Å². The molecule has 4 aromatic rings. The van der Waals surface area contributed by atoms with E-state index in [1.807, 2.05) is 0 Å². The van der Waals surface area contributed by atoms with Crippen LogP contribution in [0.25, 0.3) is 22.8 Å².